The predicted molar refractivity (Wildman–Crippen MR) is 83.4 cm³/mol. The van der Waals surface area contributed by atoms with Crippen molar-refractivity contribution in [1.29, 1.82) is 0 Å². The first-order valence-electron chi connectivity index (χ1n) is 8.06. The molecule has 1 unspecified atom stereocenters. The van der Waals surface area contributed by atoms with Crippen molar-refractivity contribution in [3.05, 3.63) is 0 Å². The van der Waals surface area contributed by atoms with Crippen LogP contribution in [-0.2, 0) is 0 Å². The van der Waals surface area contributed by atoms with Crippen molar-refractivity contribution < 1.29 is 0 Å². The number of rotatable bonds is 14. The van der Waals surface area contributed by atoms with E-state index in [0.717, 1.165) is 0 Å². The Morgan fingerprint density at radius 3 is 1.29 bits per heavy atom. The van der Waals surface area contributed by atoms with Crippen LogP contribution in [0.3, 0.4) is 0 Å². The molecule has 2 heteroatoms. The van der Waals surface area contributed by atoms with Crippen molar-refractivity contribution in [3.63, 3.8) is 0 Å². The second-order valence-electron chi connectivity index (χ2n) is 5.35. The van der Waals surface area contributed by atoms with Gasteiger partial charge in [-0.25, -0.2) is 0 Å². The molecule has 0 heterocycles. The topological polar surface area (TPSA) is 0 Å². The summed E-state index contributed by atoms with van der Waals surface area (Å²) in [6.07, 6.45) is 20.1. The zero-order chi connectivity index (χ0) is 12.6. The van der Waals surface area contributed by atoms with E-state index in [4.69, 9.17) is 0 Å². The van der Waals surface area contributed by atoms with E-state index in [-0.39, 0.29) is 0 Å². The van der Waals surface area contributed by atoms with Crippen LogP contribution < -0.4 is 0 Å². The van der Waals surface area contributed by atoms with Crippen LogP contribution in [0.1, 0.15) is 90.4 Å². The number of hydrogen-bond donors (Lipinski definition) is 0. The first-order chi connectivity index (χ1) is 8.41. The fourth-order valence-corrected chi connectivity index (χ4v) is 6.45. The molecule has 0 aromatic rings. The first kappa shape index (κ1) is 19.2. The summed E-state index contributed by atoms with van der Waals surface area (Å²) in [5, 5.41) is 1.65. The number of hydrogen-bond acceptors (Lipinski definition) is 0. The van der Waals surface area contributed by atoms with Crippen molar-refractivity contribution in [3.8, 4) is 0 Å². The van der Waals surface area contributed by atoms with Crippen LogP contribution in [-0.4, -0.2) is 51.2 Å². The van der Waals surface area contributed by atoms with Gasteiger partial charge in [0.2, 0.25) is 0 Å². The van der Waals surface area contributed by atoms with Gasteiger partial charge in [-0.1, -0.05) is 19.8 Å². The van der Waals surface area contributed by atoms with Crippen molar-refractivity contribution in [1.82, 2.24) is 0 Å². The Bertz CT molecular complexity index is 114. The van der Waals surface area contributed by atoms with Crippen LogP contribution in [0.5, 0.6) is 0 Å². The average molecular weight is 326 g/mol. The van der Waals surface area contributed by atoms with Gasteiger partial charge in [0.15, 0.2) is 0 Å². The van der Waals surface area contributed by atoms with Gasteiger partial charge in [-0.3, -0.25) is 0 Å². The maximum absolute atomic E-state index is 2.30. The zero-order valence-corrected chi connectivity index (χ0v) is 17.6. The summed E-state index contributed by atoms with van der Waals surface area (Å²) in [5.74, 6) is 0. The molecule has 0 nitrogen and oxygen atoms in total. The molecule has 0 aromatic carbocycles. The van der Waals surface area contributed by atoms with E-state index in [9.17, 15) is 0 Å². The molecule has 0 amide bonds. The van der Waals surface area contributed by atoms with Crippen LogP contribution in [0.25, 0.3) is 0 Å². The summed E-state index contributed by atoms with van der Waals surface area (Å²) in [7, 11) is 0. The van der Waals surface area contributed by atoms with Gasteiger partial charge in [0.05, 0.1) is 0 Å². The molecule has 0 radical (unpaired) electrons. The van der Waals surface area contributed by atoms with Gasteiger partial charge in [-0.05, 0) is 0 Å². The summed E-state index contributed by atoms with van der Waals surface area (Å²) in [5.41, 5.74) is 0. The Balaban J connectivity index is 2.85. The van der Waals surface area contributed by atoms with E-state index in [1.807, 2.05) is 0 Å². The van der Waals surface area contributed by atoms with E-state index in [1.54, 1.807) is 11.6 Å². The fourth-order valence-electron chi connectivity index (χ4n) is 2.32. The van der Waals surface area contributed by atoms with Gasteiger partial charge < -0.3 is 0 Å². The van der Waals surface area contributed by atoms with E-state index in [2.05, 4.69) is 6.92 Å². The normalized spacial score (nSPS) is 11.7. The molecule has 17 heavy (non-hydrogen) atoms. The van der Waals surface area contributed by atoms with Crippen molar-refractivity contribution >= 4 is 51.2 Å². The monoisotopic (exact) mass is 326 g/mol. The predicted octanol–water partition coefficient (Wildman–Crippen LogP) is 5.02. The standard InChI is InChI=1S/C15H32As.K/c1-2-3-4-5-6-7-8-9-10-11-12-13-14-15-16;/h16H,2-15H2,1H3;/q-1;+1. The van der Waals surface area contributed by atoms with Gasteiger partial charge in [0, 0.05) is 0 Å². The zero-order valence-electron chi connectivity index (χ0n) is 12.4. The van der Waals surface area contributed by atoms with E-state index in [0.29, 0.717) is 6.13 Å². The van der Waals surface area contributed by atoms with Crippen LogP contribution in [0.4, 0.5) is 0 Å². The Hall–Kier alpha value is 2.19. The molecule has 0 spiro atoms. The summed E-state index contributed by atoms with van der Waals surface area (Å²) in [6, 6.07) is 0. The first-order valence-corrected chi connectivity index (χ1v) is 19.8. The summed E-state index contributed by atoms with van der Waals surface area (Å²) in [6.45, 7) is 2.30. The van der Waals surface area contributed by atoms with Crippen molar-refractivity contribution in [2.24, 2.45) is 0 Å². The minimum atomic E-state index is 0.643. The molecule has 98 valence electrons. The third kappa shape index (κ3) is 18.2. The number of unbranched alkanes of at least 4 members (excludes halogenated alkanes) is 12. The van der Waals surface area contributed by atoms with Crippen LogP contribution >= 0.6 is 0 Å². The third-order valence-corrected chi connectivity index (χ3v) is 9.38. The Morgan fingerprint density at radius 2 is 0.941 bits per heavy atom. The van der Waals surface area contributed by atoms with E-state index < -0.39 is 0 Å². The van der Waals surface area contributed by atoms with E-state index in [1.165, 1.54) is 122 Å². The molecule has 0 fully saturated rings. The quantitative estimate of drug-likeness (QED) is 0.311. The molecule has 0 aromatic heterocycles. The second kappa shape index (κ2) is 18.2. The molecule has 0 aliphatic rings. The maximum atomic E-state index is 2.30. The van der Waals surface area contributed by atoms with Crippen molar-refractivity contribution in [2.45, 2.75) is 95.6 Å². The molecule has 0 N–H and O–H groups in total. The van der Waals surface area contributed by atoms with Gasteiger partial charge in [0.1, 0.15) is 0 Å². The van der Waals surface area contributed by atoms with Gasteiger partial charge in [0.25, 0.3) is 0 Å². The average Bonchev–Trinajstić information content (AvgIpc) is 2.35. The molecule has 0 saturated heterocycles. The SMILES string of the molecule is CCCCCCCCCCCCCCC[AsH][K]. The Kier molecular flexibility index (Phi) is 20.5. The third-order valence-electron chi connectivity index (χ3n) is 3.53. The molecule has 0 rings (SSSR count). The summed E-state index contributed by atoms with van der Waals surface area (Å²) in [4.78, 5) is 0. The van der Waals surface area contributed by atoms with Crippen molar-refractivity contribution in [2.75, 3.05) is 0 Å². The van der Waals surface area contributed by atoms with Gasteiger partial charge in [-0.2, -0.15) is 0 Å². The Labute approximate surface area is 144 Å². The van der Waals surface area contributed by atoms with Gasteiger partial charge >= 0.3 is 127 Å². The summed E-state index contributed by atoms with van der Waals surface area (Å²) < 4.78 is 0. The van der Waals surface area contributed by atoms with Crippen LogP contribution in [0.15, 0.2) is 0 Å². The summed E-state index contributed by atoms with van der Waals surface area (Å²) >= 11 is 1.23. The molecule has 1 atom stereocenters. The van der Waals surface area contributed by atoms with E-state index >= 15 is 0 Å². The molecular weight excluding hydrogens is 294 g/mol. The molecule has 0 aliphatic carbocycles. The fraction of sp³-hybridized carbons (Fsp3) is 1.00. The minimum absolute atomic E-state index is 0.643. The van der Waals surface area contributed by atoms with Gasteiger partial charge in [-0.15, -0.1) is 0 Å². The molecular formula is C15H32AsK. The van der Waals surface area contributed by atoms with Crippen LogP contribution in [0, 0.1) is 0 Å². The Morgan fingerprint density at radius 1 is 0.588 bits per heavy atom. The van der Waals surface area contributed by atoms with Crippen LogP contribution in [0.2, 0.25) is 5.21 Å². The molecule has 0 aliphatic heterocycles. The molecule has 0 saturated carbocycles. The molecule has 0 bridgehead atoms. The second-order valence-corrected chi connectivity index (χ2v) is 13.6.